The molecule has 0 N–H and O–H groups in total. The van der Waals surface area contributed by atoms with Crippen LogP contribution >= 0.6 is 0 Å². The van der Waals surface area contributed by atoms with Crippen LogP contribution in [0, 0.1) is 0 Å². The summed E-state index contributed by atoms with van der Waals surface area (Å²) in [4.78, 5) is 2.42. The predicted octanol–water partition coefficient (Wildman–Crippen LogP) is 38.9. The van der Waals surface area contributed by atoms with Crippen molar-refractivity contribution < 1.29 is 4.42 Å². The third kappa shape index (κ3) is 12.6. The molecule has 0 amide bonds. The van der Waals surface area contributed by atoms with E-state index in [4.69, 9.17) is 4.42 Å². The van der Waals surface area contributed by atoms with E-state index in [0.29, 0.717) is 0 Å². The van der Waals surface area contributed by atoms with Gasteiger partial charge in [-0.05, 0) is 288 Å². The average molecular weight is 1850 g/mol. The zero-order chi connectivity index (χ0) is 97.3. The second-order valence-electron chi connectivity index (χ2n) is 43.7. The molecule has 0 aliphatic heterocycles. The summed E-state index contributed by atoms with van der Waals surface area (Å²) < 4.78 is 11.2. The van der Waals surface area contributed by atoms with Gasteiger partial charge in [-0.25, -0.2) is 0 Å². The number of hydrogen-bond donors (Lipinski definition) is 0. The van der Waals surface area contributed by atoms with Gasteiger partial charge in [0.25, 0.3) is 0 Å². The maximum atomic E-state index is 6.44. The van der Waals surface area contributed by atoms with Gasteiger partial charge in [0.2, 0.25) is 0 Å². The van der Waals surface area contributed by atoms with Crippen LogP contribution in [0.4, 0.5) is 17.1 Å². The highest BCUT2D eigenvalue weighted by Gasteiger charge is 2.51. The van der Waals surface area contributed by atoms with Crippen LogP contribution in [-0.4, -0.2) is 9.13 Å². The molecule has 3 heterocycles. The summed E-state index contributed by atoms with van der Waals surface area (Å²) in [6.07, 6.45) is 0. The summed E-state index contributed by atoms with van der Waals surface area (Å²) in [6.45, 7) is 29.2. The number of benzene rings is 23. The average Bonchev–Trinajstić information content (AvgIpc) is 1.32. The van der Waals surface area contributed by atoms with Gasteiger partial charge in [0.1, 0.15) is 11.2 Å². The minimum atomic E-state index is -0.177. The van der Waals surface area contributed by atoms with Crippen LogP contribution in [0.15, 0.2) is 447 Å². The van der Waals surface area contributed by atoms with Crippen molar-refractivity contribution >= 4 is 169 Å². The van der Waals surface area contributed by atoms with Gasteiger partial charge >= 0.3 is 0 Å². The summed E-state index contributed by atoms with van der Waals surface area (Å²) in [5.74, 6) is 0. The minimum Gasteiger partial charge on any atom is -0.456 e. The Hall–Kier alpha value is -16.7. The third-order valence-electron chi connectivity index (χ3n) is 35.2. The maximum absolute atomic E-state index is 6.44. The van der Waals surface area contributed by atoms with E-state index in [0.717, 1.165) is 33.3 Å². The van der Waals surface area contributed by atoms with E-state index in [2.05, 4.69) is 534 Å². The molecular weight excluding hydrogens is 1740 g/mol. The van der Waals surface area contributed by atoms with Gasteiger partial charge < -0.3 is 18.5 Å². The molecule has 3 aliphatic rings. The molecule has 23 aromatic carbocycles. The minimum absolute atomic E-state index is 0.0253. The number of rotatable bonds is 7. The predicted molar refractivity (Wildman–Crippen MR) is 615 cm³/mol. The normalized spacial score (nSPS) is 14.9. The number of para-hydroxylation sites is 6. The fourth-order valence-corrected chi connectivity index (χ4v) is 25.9. The molecule has 690 valence electrons. The van der Waals surface area contributed by atoms with Crippen LogP contribution in [0.5, 0.6) is 0 Å². The van der Waals surface area contributed by atoms with Gasteiger partial charge in [-0.2, -0.15) is 0 Å². The first-order valence-corrected chi connectivity index (χ1v) is 51.1. The van der Waals surface area contributed by atoms with Crippen molar-refractivity contribution in [2.24, 2.45) is 0 Å². The van der Waals surface area contributed by atoms with E-state index < -0.39 is 0 Å². The molecule has 0 bridgehead atoms. The smallest absolute Gasteiger partial charge is 0.137 e. The van der Waals surface area contributed by atoms with Crippen molar-refractivity contribution in [3.63, 3.8) is 0 Å². The zero-order valence-corrected chi connectivity index (χ0v) is 83.4. The highest BCUT2D eigenvalue weighted by Crippen LogP contribution is 2.63. The molecular formula is C140H109N3O. The topological polar surface area (TPSA) is 26.2 Å². The lowest BCUT2D eigenvalue weighted by atomic mass is 9.54. The Morgan fingerprint density at radius 3 is 1.22 bits per heavy atom. The van der Waals surface area contributed by atoms with Crippen molar-refractivity contribution in [3.05, 3.63) is 476 Å². The van der Waals surface area contributed by atoms with Gasteiger partial charge in [-0.15, -0.1) is 0 Å². The molecule has 3 aromatic heterocycles. The molecule has 144 heavy (non-hydrogen) atoms. The Kier molecular flexibility index (Phi) is 19.2. The van der Waals surface area contributed by atoms with Crippen molar-refractivity contribution in [2.75, 3.05) is 4.90 Å². The first-order chi connectivity index (χ1) is 70.0. The van der Waals surface area contributed by atoms with Gasteiger partial charge in [-0.3, -0.25) is 0 Å². The van der Waals surface area contributed by atoms with E-state index in [9.17, 15) is 0 Å². The molecule has 4 nitrogen and oxygen atoms in total. The molecule has 0 fully saturated rings. The largest absolute Gasteiger partial charge is 0.456 e. The number of anilines is 3. The van der Waals surface area contributed by atoms with Crippen molar-refractivity contribution in [1.29, 1.82) is 0 Å². The van der Waals surface area contributed by atoms with Gasteiger partial charge in [0, 0.05) is 77.5 Å². The Balaban J connectivity index is 0.000000108. The maximum Gasteiger partial charge on any atom is 0.137 e. The number of nitrogens with zero attached hydrogens (tertiary/aromatic N) is 3. The summed E-state index contributed by atoms with van der Waals surface area (Å²) in [6, 6.07) is 164. The summed E-state index contributed by atoms with van der Waals surface area (Å²) in [5, 5.41) is 28.4. The van der Waals surface area contributed by atoms with Crippen LogP contribution in [0.2, 0.25) is 0 Å². The number of hydrogen-bond acceptors (Lipinski definition) is 2. The van der Waals surface area contributed by atoms with Gasteiger partial charge in [0.05, 0.1) is 27.8 Å². The molecule has 0 atom stereocenters. The monoisotopic (exact) mass is 1850 g/mol. The second-order valence-corrected chi connectivity index (χ2v) is 43.7. The van der Waals surface area contributed by atoms with Crippen molar-refractivity contribution in [2.45, 2.75) is 116 Å². The summed E-state index contributed by atoms with van der Waals surface area (Å²) in [7, 11) is 0. The van der Waals surface area contributed by atoms with E-state index in [1.54, 1.807) is 0 Å². The Morgan fingerprint density at radius 2 is 0.590 bits per heavy atom. The third-order valence-corrected chi connectivity index (χ3v) is 35.2. The first-order valence-electron chi connectivity index (χ1n) is 51.1. The molecule has 29 rings (SSSR count). The summed E-state index contributed by atoms with van der Waals surface area (Å²) in [5.41, 5.74) is 33.6. The standard InChI is InChI=1S/C48H37NO.C48H37N.C44H35N/c1-47(2)40-18-12-19-41(49(32-14-6-5-7-15-32)33-24-28-37-36-17-10-11-20-42(36)50-43(37)29-33)45(40)39-27-23-31-22-25-35-34-16-9-8-13-30(34)21-26-38(35)44(31)46(39)48(47,3)4;1-47(2)42-27-23-30-12-5-6-13-35(30)46(42)41-29-40-32(28-43(41)48(47,3)4)22-26-37-34(16-11-17-36(37)40)31-20-24-33(25-21-31)49-44-18-9-7-14-38(44)39-15-8-10-19-45(39)49;1-43(2)38-27-26-33-31-13-6-5-12-28(31)22-25-36(33)41(38)37-17-11-16-32(42(37)44(43,3)4)29-20-23-30(24-21-29)45-39-18-9-7-14-34(39)35-15-8-10-19-40(35)45/h5-29H,1-4H3;5-29H,1-4H3;5-27H,1-4H3. The van der Waals surface area contributed by atoms with E-state index in [1.165, 1.54) is 236 Å². The van der Waals surface area contributed by atoms with Crippen molar-refractivity contribution in [1.82, 2.24) is 9.13 Å². The van der Waals surface area contributed by atoms with Crippen LogP contribution in [0.3, 0.4) is 0 Å². The number of furan rings is 1. The van der Waals surface area contributed by atoms with Crippen LogP contribution in [0.25, 0.3) is 219 Å². The molecule has 0 saturated heterocycles. The van der Waals surface area contributed by atoms with E-state index >= 15 is 0 Å². The molecule has 0 unspecified atom stereocenters. The van der Waals surface area contributed by atoms with E-state index in [-0.39, 0.29) is 32.5 Å². The van der Waals surface area contributed by atoms with Gasteiger partial charge in [0.15, 0.2) is 0 Å². The summed E-state index contributed by atoms with van der Waals surface area (Å²) >= 11 is 0. The fourth-order valence-electron chi connectivity index (χ4n) is 25.9. The first kappa shape index (κ1) is 86.4. The highest BCUT2D eigenvalue weighted by atomic mass is 16.3. The highest BCUT2D eigenvalue weighted by molar-refractivity contribution is 6.22. The zero-order valence-electron chi connectivity index (χ0n) is 83.4. The SMILES string of the molecule is CC1(C)c2cc3ccc4c(-c5ccc(-n6c7ccccc7c7ccccc76)cc5)cccc4c3cc2-c2c(ccc3ccccc23)C1(C)C.CC1(C)c2ccc3c(ccc4ccccc43)c2-c2cccc(-c3ccc(-n4c5ccccc5c5ccccc54)cc3)c2C1(C)C.CC1(C)c2cccc(N(c3ccccc3)c3ccc4c(c3)oc3ccccc34)c2-c2ccc3ccc4c5ccccc5ccc4c3c2C1(C)C. The molecule has 0 saturated carbocycles. The Morgan fingerprint density at radius 1 is 0.194 bits per heavy atom. The lowest BCUT2D eigenvalue weighted by Gasteiger charge is -2.50. The quantitative estimate of drug-likeness (QED) is 0.149. The second kappa shape index (κ2) is 31.9. The number of fused-ring (bicyclic) bond motifs is 33. The van der Waals surface area contributed by atoms with Crippen molar-refractivity contribution in [3.8, 4) is 67.0 Å². The van der Waals surface area contributed by atoms with Gasteiger partial charge in [-0.1, -0.05) is 423 Å². The molecule has 26 aromatic rings. The number of aromatic nitrogens is 2. The van der Waals surface area contributed by atoms with E-state index in [1.807, 2.05) is 6.07 Å². The van der Waals surface area contributed by atoms with Crippen LogP contribution in [-0.2, 0) is 32.5 Å². The fraction of sp³-hybridized carbons (Fsp3) is 0.129. The molecule has 4 heteroatoms. The Labute approximate surface area is 840 Å². The lowest BCUT2D eigenvalue weighted by molar-refractivity contribution is 0.299. The van der Waals surface area contributed by atoms with Crippen LogP contribution < -0.4 is 4.90 Å². The van der Waals surface area contributed by atoms with Crippen LogP contribution in [0.1, 0.15) is 116 Å². The Bertz CT molecular complexity index is 9790. The lowest BCUT2D eigenvalue weighted by Crippen LogP contribution is -2.44. The molecule has 3 aliphatic carbocycles. The molecule has 0 radical (unpaired) electrons. The molecule has 0 spiro atoms.